The first kappa shape index (κ1) is 33.3. The van der Waals surface area contributed by atoms with E-state index in [-0.39, 0.29) is 31.6 Å². The smallest absolute Gasteiger partial charge is 0.155 e. The average Bonchev–Trinajstić information content (AvgIpc) is 3.31. The fourth-order valence-corrected chi connectivity index (χ4v) is 6.94. The third-order valence-corrected chi connectivity index (χ3v) is 8.53. The summed E-state index contributed by atoms with van der Waals surface area (Å²) < 4.78 is 3.37. The summed E-state index contributed by atoms with van der Waals surface area (Å²) in [6.07, 6.45) is 5.06. The van der Waals surface area contributed by atoms with Crippen molar-refractivity contribution in [2.45, 2.75) is 54.4 Å². The predicted molar refractivity (Wildman–Crippen MR) is 182 cm³/mol. The van der Waals surface area contributed by atoms with Gasteiger partial charge in [-0.25, -0.2) is 4.98 Å². The molecule has 3 heterocycles. The fourth-order valence-electron chi connectivity index (χ4n) is 5.81. The van der Waals surface area contributed by atoms with Gasteiger partial charge in [0.25, 0.3) is 0 Å². The van der Waals surface area contributed by atoms with Gasteiger partial charge in [0.2, 0.25) is 0 Å². The molecular weight excluding hydrogens is 741 g/mol. The molecule has 0 aliphatic carbocycles. The second-order valence-electron chi connectivity index (χ2n) is 12.1. The van der Waals surface area contributed by atoms with Gasteiger partial charge in [-0.1, -0.05) is 75.0 Å². The van der Waals surface area contributed by atoms with Gasteiger partial charge < -0.3 is 9.67 Å². The maximum Gasteiger partial charge on any atom is 0.155 e. The van der Waals surface area contributed by atoms with Crippen LogP contribution in [0.25, 0.3) is 53.2 Å². The largest absolute Gasteiger partial charge is 0.512 e. The van der Waals surface area contributed by atoms with E-state index in [9.17, 15) is 4.79 Å². The Bertz CT molecular complexity index is 2000. The molecule has 0 spiro atoms. The van der Waals surface area contributed by atoms with Gasteiger partial charge in [-0.05, 0) is 83.1 Å². The Balaban J connectivity index is 0.000000497. The van der Waals surface area contributed by atoms with Gasteiger partial charge in [-0.15, -0.1) is 17.7 Å². The molecule has 0 bridgehead atoms. The Morgan fingerprint density at radius 3 is 2.34 bits per heavy atom. The Morgan fingerprint density at radius 2 is 1.68 bits per heavy atom. The minimum Gasteiger partial charge on any atom is -0.512 e. The van der Waals surface area contributed by atoms with Gasteiger partial charge in [-0.2, -0.15) is 11.3 Å². The molecule has 0 amide bonds. The molecule has 1 N–H and O–H groups in total. The van der Waals surface area contributed by atoms with Crippen LogP contribution in [-0.4, -0.2) is 15.9 Å². The standard InChI is InChI=1S/C33H31N2S.C5H8O2.Ir/c1-20(2)15-22-17-27-26-11-8-14-34-33(26)36-32(27)28(18-22)30-19-24(16-21(3)4)31-25-10-7-6-9-23(25)12-13-29(31)35(30)5;1-4(6)3-5(2)7;/h6-14,17,19-21H,5,15-16H2,1-4H3;3,6H,1-2H3;/q-1;;/b;4-3-;. The summed E-state index contributed by atoms with van der Waals surface area (Å²) in [5, 5.41) is 14.7. The third-order valence-electron chi connectivity index (χ3n) is 7.38. The number of aromatic nitrogens is 2. The van der Waals surface area contributed by atoms with Crippen LogP contribution in [0, 0.1) is 24.9 Å². The van der Waals surface area contributed by atoms with E-state index >= 15 is 0 Å². The van der Waals surface area contributed by atoms with Gasteiger partial charge in [0.1, 0.15) is 16.0 Å². The number of nitrogens with zero attached hydrogens (tertiary/aromatic N) is 2. The van der Waals surface area contributed by atoms with E-state index in [0.717, 1.165) is 34.4 Å². The molecular formula is C38H39IrN2O2S-. The van der Waals surface area contributed by atoms with Crippen molar-refractivity contribution < 1.29 is 34.6 Å². The van der Waals surface area contributed by atoms with E-state index in [1.54, 1.807) is 11.3 Å². The number of aliphatic hydroxyl groups excluding tert-OH is 1. The first-order valence-corrected chi connectivity index (χ1v) is 15.7. The average molecular weight is 780 g/mol. The number of aliphatic hydroxyl groups is 1. The van der Waals surface area contributed by atoms with E-state index in [2.05, 4.69) is 105 Å². The summed E-state index contributed by atoms with van der Waals surface area (Å²) in [7, 11) is 4.59. The zero-order valence-corrected chi connectivity index (χ0v) is 29.4. The molecule has 6 rings (SSSR count). The van der Waals surface area contributed by atoms with Crippen molar-refractivity contribution in [3.63, 3.8) is 0 Å². The van der Waals surface area contributed by atoms with Crippen molar-refractivity contribution >= 4 is 59.1 Å². The number of rotatable bonds is 6. The molecule has 0 atom stereocenters. The van der Waals surface area contributed by atoms with Crippen molar-refractivity contribution in [1.82, 2.24) is 4.98 Å². The van der Waals surface area contributed by atoms with E-state index in [1.165, 1.54) is 62.7 Å². The second kappa shape index (κ2) is 14.0. The van der Waals surface area contributed by atoms with Crippen LogP contribution in [0.3, 0.4) is 0 Å². The van der Waals surface area contributed by atoms with Gasteiger partial charge in [0.05, 0.1) is 5.76 Å². The third kappa shape index (κ3) is 7.04. The zero-order chi connectivity index (χ0) is 30.8. The summed E-state index contributed by atoms with van der Waals surface area (Å²) in [6, 6.07) is 25.9. The van der Waals surface area contributed by atoms with Crippen LogP contribution in [0.2, 0.25) is 0 Å². The molecule has 0 saturated heterocycles. The van der Waals surface area contributed by atoms with Gasteiger partial charge in [-0.3, -0.25) is 4.79 Å². The SMILES string of the molecule is CC(=O)/C=C(/C)O.[CH2-][n+]1c(-c2[c-]c(CC(C)C)cc3c2sc2ncccc23)cc(CC(C)C)c2c3ccccc3ccc21.[Ir]. The quantitative estimate of drug-likeness (QED) is 0.0603. The van der Waals surface area contributed by atoms with Crippen molar-refractivity contribution in [2.75, 3.05) is 0 Å². The number of benzene rings is 3. The Hall–Kier alpha value is -3.57. The first-order chi connectivity index (χ1) is 20.5. The number of thiophene rings is 1. The fraction of sp³-hybridized carbons (Fsp3) is 0.263. The summed E-state index contributed by atoms with van der Waals surface area (Å²) in [5.41, 5.74) is 6.05. The van der Waals surface area contributed by atoms with E-state index in [0.29, 0.717) is 11.8 Å². The molecule has 6 aromatic rings. The molecule has 0 aliphatic heterocycles. The maximum absolute atomic E-state index is 10.0. The van der Waals surface area contributed by atoms with Crippen LogP contribution in [0.5, 0.6) is 0 Å². The van der Waals surface area contributed by atoms with E-state index < -0.39 is 0 Å². The van der Waals surface area contributed by atoms with Crippen LogP contribution in [0.1, 0.15) is 52.7 Å². The number of carbonyl (C=O) groups excluding carboxylic acids is 1. The molecule has 0 fully saturated rings. The molecule has 1 radical (unpaired) electrons. The number of hydrogen-bond donors (Lipinski definition) is 1. The monoisotopic (exact) mass is 780 g/mol. The van der Waals surface area contributed by atoms with Crippen molar-refractivity contribution in [3.8, 4) is 11.3 Å². The van der Waals surface area contributed by atoms with Crippen molar-refractivity contribution in [1.29, 1.82) is 0 Å². The van der Waals surface area contributed by atoms with Crippen LogP contribution >= 0.6 is 11.3 Å². The zero-order valence-electron chi connectivity index (χ0n) is 26.2. The van der Waals surface area contributed by atoms with Gasteiger partial charge in [0, 0.05) is 44.8 Å². The minimum absolute atomic E-state index is 0. The van der Waals surface area contributed by atoms with Crippen LogP contribution in [0.15, 0.2) is 78.7 Å². The normalized spacial score (nSPS) is 11.8. The molecule has 3 aromatic heterocycles. The van der Waals surface area contributed by atoms with Crippen molar-refractivity contribution in [3.05, 3.63) is 103 Å². The molecule has 0 saturated carbocycles. The Labute approximate surface area is 277 Å². The van der Waals surface area contributed by atoms with Gasteiger partial charge in [0.15, 0.2) is 5.78 Å². The summed E-state index contributed by atoms with van der Waals surface area (Å²) in [4.78, 5) is 15.8. The number of fused-ring (bicyclic) bond motifs is 6. The topological polar surface area (TPSA) is 54.1 Å². The molecule has 4 nitrogen and oxygen atoms in total. The van der Waals surface area contributed by atoms with E-state index in [1.807, 2.05) is 12.3 Å². The van der Waals surface area contributed by atoms with E-state index in [4.69, 9.17) is 5.11 Å². The minimum atomic E-state index is -0.125. The molecule has 0 unspecified atom stereocenters. The second-order valence-corrected chi connectivity index (χ2v) is 13.1. The molecule has 44 heavy (non-hydrogen) atoms. The number of ketones is 1. The van der Waals surface area contributed by atoms with Crippen LogP contribution < -0.4 is 4.57 Å². The van der Waals surface area contributed by atoms with Crippen LogP contribution in [-0.2, 0) is 37.7 Å². The molecule has 0 aliphatic rings. The summed E-state index contributed by atoms with van der Waals surface area (Å²) in [5.74, 6) is 1.04. The predicted octanol–water partition coefficient (Wildman–Crippen LogP) is 9.58. The van der Waals surface area contributed by atoms with Crippen molar-refractivity contribution in [2.24, 2.45) is 11.8 Å². The Kier molecular flexibility index (Phi) is 10.6. The molecule has 229 valence electrons. The molecule has 3 aromatic carbocycles. The number of allylic oxidation sites excluding steroid dienone is 2. The first-order valence-electron chi connectivity index (χ1n) is 14.8. The molecule has 6 heteroatoms. The summed E-state index contributed by atoms with van der Waals surface area (Å²) in [6.45, 7) is 12.0. The van der Waals surface area contributed by atoms with Gasteiger partial charge >= 0.3 is 0 Å². The van der Waals surface area contributed by atoms with Crippen LogP contribution in [0.4, 0.5) is 0 Å². The number of pyridine rings is 2. The number of hydrogen-bond acceptors (Lipinski definition) is 4. The summed E-state index contributed by atoms with van der Waals surface area (Å²) >= 11 is 1.76. The number of carbonyl (C=O) groups is 1. The Morgan fingerprint density at radius 1 is 0.977 bits per heavy atom. The maximum atomic E-state index is 10.0.